The van der Waals surface area contributed by atoms with E-state index in [1.165, 1.54) is 28.3 Å². The number of hydrogen-bond acceptors (Lipinski definition) is 6. The number of hydrogen-bond donors (Lipinski definition) is 0. The standard InChI is InChI=1S/C19H20N4O5/c1-3-18(24)21(2)12-19(25)22-16(17-5-4-10-28-17)11-15(20-22)13-6-8-14(9-7-13)23(26)27/h4-10,16H,3,11-12H2,1-2H3. The minimum absolute atomic E-state index is 0.0161. The number of rotatable bonds is 6. The van der Waals surface area contributed by atoms with Crippen LogP contribution in [0, 0.1) is 10.1 Å². The fourth-order valence-corrected chi connectivity index (χ4v) is 3.03. The summed E-state index contributed by atoms with van der Waals surface area (Å²) in [5.41, 5.74) is 1.29. The van der Waals surface area contributed by atoms with Crippen LogP contribution in [0.2, 0.25) is 0 Å². The third-order valence-corrected chi connectivity index (χ3v) is 4.55. The van der Waals surface area contributed by atoms with Gasteiger partial charge in [0.25, 0.3) is 11.6 Å². The van der Waals surface area contributed by atoms with Crippen molar-refractivity contribution in [3.05, 3.63) is 64.1 Å². The van der Waals surface area contributed by atoms with E-state index in [1.807, 2.05) is 0 Å². The van der Waals surface area contributed by atoms with E-state index in [9.17, 15) is 19.7 Å². The molecule has 0 fully saturated rings. The van der Waals surface area contributed by atoms with Gasteiger partial charge in [-0.3, -0.25) is 19.7 Å². The molecule has 9 nitrogen and oxygen atoms in total. The summed E-state index contributed by atoms with van der Waals surface area (Å²) < 4.78 is 5.47. The number of nitrogens with zero attached hydrogens (tertiary/aromatic N) is 4. The van der Waals surface area contributed by atoms with Gasteiger partial charge in [0.2, 0.25) is 5.91 Å². The summed E-state index contributed by atoms with van der Waals surface area (Å²) in [5.74, 6) is 0.114. The van der Waals surface area contributed by atoms with Gasteiger partial charge in [0.15, 0.2) is 0 Å². The summed E-state index contributed by atoms with van der Waals surface area (Å²) in [6, 6.07) is 9.08. The molecule has 0 aliphatic carbocycles. The van der Waals surface area contributed by atoms with Crippen molar-refractivity contribution in [2.75, 3.05) is 13.6 Å². The molecule has 0 saturated heterocycles. The first kappa shape index (κ1) is 19.3. The van der Waals surface area contributed by atoms with E-state index in [0.29, 0.717) is 29.9 Å². The summed E-state index contributed by atoms with van der Waals surface area (Å²) in [6.07, 6.45) is 2.24. The molecule has 2 heterocycles. The van der Waals surface area contributed by atoms with Crippen LogP contribution >= 0.6 is 0 Å². The average Bonchev–Trinajstić information content (AvgIpc) is 3.36. The molecular formula is C19H20N4O5. The predicted molar refractivity (Wildman–Crippen MR) is 100 cm³/mol. The Labute approximate surface area is 161 Å². The lowest BCUT2D eigenvalue weighted by atomic mass is 10.0. The number of nitro groups is 1. The summed E-state index contributed by atoms with van der Waals surface area (Å²) in [7, 11) is 1.57. The zero-order valence-electron chi connectivity index (χ0n) is 15.6. The Morgan fingerprint density at radius 3 is 2.61 bits per heavy atom. The summed E-state index contributed by atoms with van der Waals surface area (Å²) in [5, 5.41) is 16.6. The van der Waals surface area contributed by atoms with E-state index >= 15 is 0 Å². The lowest BCUT2D eigenvalue weighted by Crippen LogP contribution is -2.38. The van der Waals surface area contributed by atoms with Gasteiger partial charge < -0.3 is 9.32 Å². The first-order chi connectivity index (χ1) is 13.4. The molecule has 1 aromatic heterocycles. The number of benzene rings is 1. The van der Waals surface area contributed by atoms with Crippen molar-refractivity contribution in [3.63, 3.8) is 0 Å². The monoisotopic (exact) mass is 384 g/mol. The molecule has 0 saturated carbocycles. The van der Waals surface area contributed by atoms with Crippen molar-refractivity contribution in [1.29, 1.82) is 0 Å². The Morgan fingerprint density at radius 2 is 2.04 bits per heavy atom. The van der Waals surface area contributed by atoms with E-state index < -0.39 is 11.0 Å². The van der Waals surface area contributed by atoms with E-state index in [-0.39, 0.29) is 24.0 Å². The molecule has 9 heteroatoms. The number of likely N-dealkylation sites (N-methyl/N-ethyl adjacent to an activating group) is 1. The van der Waals surface area contributed by atoms with Crippen LogP contribution in [0.15, 0.2) is 52.2 Å². The van der Waals surface area contributed by atoms with E-state index in [0.717, 1.165) is 0 Å². The first-order valence-corrected chi connectivity index (χ1v) is 8.82. The second-order valence-corrected chi connectivity index (χ2v) is 6.43. The molecule has 1 aliphatic rings. The van der Waals surface area contributed by atoms with Crippen LogP contribution in [0.3, 0.4) is 0 Å². The molecule has 28 heavy (non-hydrogen) atoms. The molecule has 146 valence electrons. The third kappa shape index (κ3) is 3.93. The molecule has 0 N–H and O–H groups in total. The maximum absolute atomic E-state index is 12.8. The summed E-state index contributed by atoms with van der Waals surface area (Å²) in [6.45, 7) is 1.64. The van der Waals surface area contributed by atoms with Gasteiger partial charge in [-0.15, -0.1) is 0 Å². The molecule has 0 bridgehead atoms. The molecule has 3 rings (SSSR count). The highest BCUT2D eigenvalue weighted by Crippen LogP contribution is 2.33. The fourth-order valence-electron chi connectivity index (χ4n) is 3.03. The smallest absolute Gasteiger partial charge is 0.269 e. The third-order valence-electron chi connectivity index (χ3n) is 4.55. The molecule has 1 unspecified atom stereocenters. The second-order valence-electron chi connectivity index (χ2n) is 6.43. The minimum Gasteiger partial charge on any atom is -0.467 e. The highest BCUT2D eigenvalue weighted by Gasteiger charge is 2.35. The molecule has 0 spiro atoms. The molecule has 1 aromatic carbocycles. The van der Waals surface area contributed by atoms with Crippen molar-refractivity contribution < 1.29 is 18.9 Å². The van der Waals surface area contributed by atoms with E-state index in [4.69, 9.17) is 4.42 Å². The maximum Gasteiger partial charge on any atom is 0.269 e. The van der Waals surface area contributed by atoms with Gasteiger partial charge in [-0.2, -0.15) is 5.10 Å². The molecule has 2 amide bonds. The Balaban J connectivity index is 1.86. The second kappa shape index (κ2) is 8.03. The Bertz CT molecular complexity index is 905. The fraction of sp³-hybridized carbons (Fsp3) is 0.316. The van der Waals surface area contributed by atoms with Crippen LogP contribution in [0.1, 0.15) is 37.1 Å². The Kier molecular flexibility index (Phi) is 5.53. The number of carbonyl (C=O) groups is 2. The van der Waals surface area contributed by atoms with Crippen LogP contribution < -0.4 is 0 Å². The van der Waals surface area contributed by atoms with Crippen molar-refractivity contribution in [1.82, 2.24) is 9.91 Å². The predicted octanol–water partition coefficient (Wildman–Crippen LogP) is 2.73. The number of furan rings is 1. The maximum atomic E-state index is 12.8. The number of carbonyl (C=O) groups excluding carboxylic acids is 2. The zero-order valence-corrected chi connectivity index (χ0v) is 15.6. The largest absolute Gasteiger partial charge is 0.467 e. The quantitative estimate of drug-likeness (QED) is 0.562. The molecular weight excluding hydrogens is 364 g/mol. The lowest BCUT2D eigenvalue weighted by Gasteiger charge is -2.23. The topological polar surface area (TPSA) is 109 Å². The summed E-state index contributed by atoms with van der Waals surface area (Å²) >= 11 is 0. The van der Waals surface area contributed by atoms with Crippen LogP contribution in [0.4, 0.5) is 5.69 Å². The van der Waals surface area contributed by atoms with Gasteiger partial charge >= 0.3 is 0 Å². The van der Waals surface area contributed by atoms with Crippen molar-refractivity contribution in [3.8, 4) is 0 Å². The highest BCUT2D eigenvalue weighted by molar-refractivity contribution is 6.03. The average molecular weight is 384 g/mol. The normalized spacial score (nSPS) is 16.0. The number of amides is 2. The molecule has 1 atom stereocenters. The summed E-state index contributed by atoms with van der Waals surface area (Å²) in [4.78, 5) is 36.3. The van der Waals surface area contributed by atoms with Crippen LogP contribution in [-0.2, 0) is 9.59 Å². The molecule has 1 aliphatic heterocycles. The SMILES string of the molecule is CCC(=O)N(C)CC(=O)N1N=C(c2ccc([N+](=O)[O-])cc2)CC1c1ccco1. The van der Waals surface area contributed by atoms with Crippen molar-refractivity contribution in [2.24, 2.45) is 5.10 Å². The van der Waals surface area contributed by atoms with Gasteiger partial charge in [-0.1, -0.05) is 6.92 Å². The van der Waals surface area contributed by atoms with Gasteiger partial charge in [0.05, 0.1) is 16.9 Å². The highest BCUT2D eigenvalue weighted by atomic mass is 16.6. The van der Waals surface area contributed by atoms with Crippen LogP contribution in [0.25, 0.3) is 0 Å². The van der Waals surface area contributed by atoms with Gasteiger partial charge in [-0.25, -0.2) is 5.01 Å². The molecule has 0 radical (unpaired) electrons. The zero-order chi connectivity index (χ0) is 20.3. The van der Waals surface area contributed by atoms with Gasteiger partial charge in [-0.05, 0) is 29.8 Å². The van der Waals surface area contributed by atoms with Crippen molar-refractivity contribution >= 4 is 23.2 Å². The van der Waals surface area contributed by atoms with E-state index in [1.54, 1.807) is 38.2 Å². The minimum atomic E-state index is -0.470. The number of nitro benzene ring substituents is 1. The Morgan fingerprint density at radius 1 is 1.32 bits per heavy atom. The number of hydrazone groups is 1. The van der Waals surface area contributed by atoms with Crippen molar-refractivity contribution in [2.45, 2.75) is 25.8 Å². The molecule has 2 aromatic rings. The van der Waals surface area contributed by atoms with Crippen LogP contribution in [-0.4, -0.2) is 46.0 Å². The van der Waals surface area contributed by atoms with Crippen LogP contribution in [0.5, 0.6) is 0 Å². The van der Waals surface area contributed by atoms with E-state index in [2.05, 4.69) is 5.10 Å². The van der Waals surface area contributed by atoms with Gasteiger partial charge in [0.1, 0.15) is 18.3 Å². The Hall–Kier alpha value is -3.49. The van der Waals surface area contributed by atoms with Gasteiger partial charge in [0, 0.05) is 32.0 Å². The first-order valence-electron chi connectivity index (χ1n) is 8.82. The lowest BCUT2D eigenvalue weighted by molar-refractivity contribution is -0.384. The number of non-ortho nitro benzene ring substituents is 1.